The van der Waals surface area contributed by atoms with Crippen molar-refractivity contribution >= 4 is 17.8 Å². The molecular weight excluding hydrogens is 322 g/mol. The fraction of sp³-hybridized carbons (Fsp3) is 0.526. The van der Waals surface area contributed by atoms with Crippen LogP contribution in [0.3, 0.4) is 0 Å². The van der Waals surface area contributed by atoms with Crippen LogP contribution in [0.25, 0.3) is 0 Å². The van der Waals surface area contributed by atoms with Gasteiger partial charge in [0.25, 0.3) is 0 Å². The summed E-state index contributed by atoms with van der Waals surface area (Å²) in [5.41, 5.74) is 0.242. The van der Waals surface area contributed by atoms with E-state index in [0.29, 0.717) is 6.42 Å². The molecule has 0 aromatic heterocycles. The molecule has 0 radical (unpaired) electrons. The molecule has 1 aromatic carbocycles. The molecule has 138 valence electrons. The molecule has 6 nitrogen and oxygen atoms in total. The lowest BCUT2D eigenvalue weighted by atomic mass is 9.87. The third-order valence-corrected chi connectivity index (χ3v) is 3.97. The highest BCUT2D eigenvalue weighted by Crippen LogP contribution is 2.25. The number of hydrogen-bond acceptors (Lipinski definition) is 5. The van der Waals surface area contributed by atoms with E-state index in [1.165, 1.54) is 26.3 Å². The van der Waals surface area contributed by atoms with Crippen LogP contribution in [0.15, 0.2) is 30.3 Å². The SMILES string of the molecule is CC(=O)NC(CCC(C)c1ccccc1)(COC(C)=O)COC(C)=O. The highest BCUT2D eigenvalue weighted by Gasteiger charge is 2.34. The van der Waals surface area contributed by atoms with Crippen LogP contribution in [-0.4, -0.2) is 36.6 Å². The predicted octanol–water partition coefficient (Wildman–Crippen LogP) is 2.57. The van der Waals surface area contributed by atoms with Crippen LogP contribution in [0.2, 0.25) is 0 Å². The fourth-order valence-electron chi connectivity index (χ4n) is 2.61. The first-order chi connectivity index (χ1) is 11.7. The van der Waals surface area contributed by atoms with Crippen molar-refractivity contribution in [2.24, 2.45) is 0 Å². The second-order valence-electron chi connectivity index (χ2n) is 6.37. The quantitative estimate of drug-likeness (QED) is 0.693. The second kappa shape index (κ2) is 9.81. The van der Waals surface area contributed by atoms with Gasteiger partial charge in [0.2, 0.25) is 5.91 Å². The number of carbonyl (C=O) groups excluding carboxylic acids is 3. The molecule has 1 atom stereocenters. The zero-order valence-corrected chi connectivity index (χ0v) is 15.3. The first-order valence-electron chi connectivity index (χ1n) is 8.34. The highest BCUT2D eigenvalue weighted by atomic mass is 16.5. The Labute approximate surface area is 148 Å². The minimum absolute atomic E-state index is 0.0449. The van der Waals surface area contributed by atoms with E-state index in [1.54, 1.807) is 0 Å². The Hall–Kier alpha value is -2.37. The van der Waals surface area contributed by atoms with Gasteiger partial charge in [-0.15, -0.1) is 0 Å². The van der Waals surface area contributed by atoms with E-state index >= 15 is 0 Å². The van der Waals surface area contributed by atoms with Crippen molar-refractivity contribution in [2.45, 2.75) is 52.0 Å². The van der Waals surface area contributed by atoms with Crippen LogP contribution in [-0.2, 0) is 23.9 Å². The summed E-state index contributed by atoms with van der Waals surface area (Å²) in [6.45, 7) is 5.99. The molecule has 6 heteroatoms. The van der Waals surface area contributed by atoms with Crippen LogP contribution in [0.4, 0.5) is 0 Å². The molecule has 0 aliphatic rings. The van der Waals surface area contributed by atoms with Crippen molar-refractivity contribution in [3.05, 3.63) is 35.9 Å². The minimum Gasteiger partial charge on any atom is -0.463 e. The molecule has 0 spiro atoms. The van der Waals surface area contributed by atoms with Crippen molar-refractivity contribution in [1.82, 2.24) is 5.32 Å². The summed E-state index contributed by atoms with van der Waals surface area (Å²) >= 11 is 0. The smallest absolute Gasteiger partial charge is 0.302 e. The zero-order valence-electron chi connectivity index (χ0n) is 15.3. The van der Waals surface area contributed by atoms with E-state index in [1.807, 2.05) is 30.3 Å². The first-order valence-corrected chi connectivity index (χ1v) is 8.34. The third kappa shape index (κ3) is 7.83. The summed E-state index contributed by atoms with van der Waals surface area (Å²) in [7, 11) is 0. The van der Waals surface area contributed by atoms with Gasteiger partial charge < -0.3 is 14.8 Å². The maximum absolute atomic E-state index is 11.7. The van der Waals surface area contributed by atoms with Crippen LogP contribution in [0.1, 0.15) is 52.0 Å². The summed E-state index contributed by atoms with van der Waals surface area (Å²) < 4.78 is 10.3. The second-order valence-corrected chi connectivity index (χ2v) is 6.37. The molecule has 25 heavy (non-hydrogen) atoms. The highest BCUT2D eigenvalue weighted by molar-refractivity contribution is 5.74. The normalized spacial score (nSPS) is 12.2. The van der Waals surface area contributed by atoms with Crippen LogP contribution in [0, 0.1) is 0 Å². The van der Waals surface area contributed by atoms with Crippen LogP contribution in [0.5, 0.6) is 0 Å². The predicted molar refractivity (Wildman–Crippen MR) is 93.9 cm³/mol. The molecular formula is C19H27NO5. The number of nitrogens with one attached hydrogen (secondary N) is 1. The van der Waals surface area contributed by atoms with E-state index in [2.05, 4.69) is 12.2 Å². The van der Waals surface area contributed by atoms with Crippen molar-refractivity contribution < 1.29 is 23.9 Å². The molecule has 0 aliphatic carbocycles. The Bertz CT molecular complexity index is 567. The number of esters is 2. The molecule has 1 rings (SSSR count). The number of rotatable bonds is 9. The molecule has 0 aliphatic heterocycles. The van der Waals surface area contributed by atoms with Gasteiger partial charge in [0.15, 0.2) is 0 Å². The van der Waals surface area contributed by atoms with Crippen molar-refractivity contribution in [3.63, 3.8) is 0 Å². The van der Waals surface area contributed by atoms with Gasteiger partial charge in [0.05, 0.1) is 0 Å². The van der Waals surface area contributed by atoms with E-state index < -0.39 is 17.5 Å². The molecule has 1 aromatic rings. The van der Waals surface area contributed by atoms with Gasteiger partial charge in [0.1, 0.15) is 18.8 Å². The number of ether oxygens (including phenoxy) is 2. The van der Waals surface area contributed by atoms with Gasteiger partial charge in [-0.05, 0) is 24.3 Å². The van der Waals surface area contributed by atoms with Gasteiger partial charge in [0, 0.05) is 20.8 Å². The standard InChI is InChI=1S/C19H27NO5/c1-14(18-8-6-5-7-9-18)10-11-19(20-15(2)21,12-24-16(3)22)13-25-17(4)23/h5-9,14H,10-13H2,1-4H3,(H,20,21). The van der Waals surface area contributed by atoms with Gasteiger partial charge in [-0.3, -0.25) is 14.4 Å². The Morgan fingerprint density at radius 1 is 1.00 bits per heavy atom. The molecule has 1 N–H and O–H groups in total. The molecule has 0 bridgehead atoms. The lowest BCUT2D eigenvalue weighted by Gasteiger charge is -2.34. The summed E-state index contributed by atoms with van der Waals surface area (Å²) in [6, 6.07) is 10.0. The van der Waals surface area contributed by atoms with Crippen molar-refractivity contribution in [3.8, 4) is 0 Å². The minimum atomic E-state index is -0.938. The number of benzene rings is 1. The van der Waals surface area contributed by atoms with Crippen LogP contribution >= 0.6 is 0 Å². The Morgan fingerprint density at radius 2 is 1.52 bits per heavy atom. The van der Waals surface area contributed by atoms with Crippen LogP contribution < -0.4 is 5.32 Å². The monoisotopic (exact) mass is 349 g/mol. The summed E-state index contributed by atoms with van der Waals surface area (Å²) in [5.74, 6) is -0.932. The maximum atomic E-state index is 11.7. The number of hydrogen-bond donors (Lipinski definition) is 1. The lowest BCUT2D eigenvalue weighted by molar-refractivity contribution is -0.150. The molecule has 1 amide bonds. The average Bonchev–Trinajstić information content (AvgIpc) is 2.56. The molecule has 0 saturated carbocycles. The zero-order chi connectivity index (χ0) is 18.9. The summed E-state index contributed by atoms with van der Waals surface area (Å²) in [6.07, 6.45) is 1.23. The lowest BCUT2D eigenvalue weighted by Crippen LogP contribution is -2.55. The van der Waals surface area contributed by atoms with Gasteiger partial charge in [-0.2, -0.15) is 0 Å². The van der Waals surface area contributed by atoms with E-state index in [9.17, 15) is 14.4 Å². The molecule has 0 saturated heterocycles. The van der Waals surface area contributed by atoms with Crippen molar-refractivity contribution in [1.29, 1.82) is 0 Å². The Kier molecular flexibility index (Phi) is 8.11. The van der Waals surface area contributed by atoms with E-state index in [-0.39, 0.29) is 25.0 Å². The molecule has 1 unspecified atom stereocenters. The molecule has 0 heterocycles. The molecule has 0 fully saturated rings. The first kappa shape index (κ1) is 20.7. The maximum Gasteiger partial charge on any atom is 0.302 e. The Balaban J connectivity index is 2.89. The number of amides is 1. The number of carbonyl (C=O) groups is 3. The van der Waals surface area contributed by atoms with E-state index in [0.717, 1.165) is 6.42 Å². The topological polar surface area (TPSA) is 81.7 Å². The Morgan fingerprint density at radius 3 is 1.96 bits per heavy atom. The average molecular weight is 349 g/mol. The largest absolute Gasteiger partial charge is 0.463 e. The summed E-state index contributed by atoms with van der Waals surface area (Å²) in [4.78, 5) is 34.1. The van der Waals surface area contributed by atoms with E-state index in [4.69, 9.17) is 9.47 Å². The third-order valence-electron chi connectivity index (χ3n) is 3.97. The fourth-order valence-corrected chi connectivity index (χ4v) is 2.61. The van der Waals surface area contributed by atoms with Gasteiger partial charge >= 0.3 is 11.9 Å². The van der Waals surface area contributed by atoms with Crippen molar-refractivity contribution in [2.75, 3.05) is 13.2 Å². The summed E-state index contributed by atoms with van der Waals surface area (Å²) in [5, 5.41) is 2.82. The van der Waals surface area contributed by atoms with Gasteiger partial charge in [-0.1, -0.05) is 37.3 Å². The van der Waals surface area contributed by atoms with Gasteiger partial charge in [-0.25, -0.2) is 0 Å².